The molecule has 0 saturated carbocycles. The number of sulfonamides is 1. The fourth-order valence-corrected chi connectivity index (χ4v) is 1.81. The molecule has 0 heterocycles. The molecule has 0 aliphatic carbocycles. The molecule has 0 aliphatic rings. The molecular formula is C6H12F3NO3S. The minimum Gasteiger partial charge on any atom is -0.395 e. The van der Waals surface area contributed by atoms with Crippen LogP contribution in [0.4, 0.5) is 13.2 Å². The number of hydrogen-bond donors (Lipinski definition) is 2. The van der Waals surface area contributed by atoms with Crippen LogP contribution < -0.4 is 4.72 Å². The smallest absolute Gasteiger partial charge is 0.389 e. The maximum absolute atomic E-state index is 11.6. The van der Waals surface area contributed by atoms with Crippen molar-refractivity contribution in [1.29, 1.82) is 0 Å². The number of hydrogen-bond acceptors (Lipinski definition) is 3. The van der Waals surface area contributed by atoms with Crippen molar-refractivity contribution in [3.8, 4) is 0 Å². The number of nitrogens with one attached hydrogen (secondary N) is 1. The maximum atomic E-state index is 11.6. The lowest BCUT2D eigenvalue weighted by molar-refractivity contribution is -0.134. The van der Waals surface area contributed by atoms with E-state index in [9.17, 15) is 21.6 Å². The molecular weight excluding hydrogens is 223 g/mol. The van der Waals surface area contributed by atoms with Crippen LogP contribution in [0.3, 0.4) is 0 Å². The first-order chi connectivity index (χ1) is 6.27. The molecule has 0 atom stereocenters. The van der Waals surface area contributed by atoms with Gasteiger partial charge in [-0.15, -0.1) is 0 Å². The highest BCUT2D eigenvalue weighted by Gasteiger charge is 2.27. The van der Waals surface area contributed by atoms with Crippen LogP contribution in [0.5, 0.6) is 0 Å². The van der Waals surface area contributed by atoms with Crippen molar-refractivity contribution in [1.82, 2.24) is 4.72 Å². The zero-order valence-electron chi connectivity index (χ0n) is 7.34. The molecule has 0 rings (SSSR count). The summed E-state index contributed by atoms with van der Waals surface area (Å²) < 4.78 is 58.6. The van der Waals surface area contributed by atoms with Gasteiger partial charge in [-0.2, -0.15) is 13.2 Å². The predicted octanol–water partition coefficient (Wildman–Crippen LogP) is 0.241. The average Bonchev–Trinajstić information content (AvgIpc) is 1.98. The van der Waals surface area contributed by atoms with Crippen molar-refractivity contribution < 1.29 is 26.7 Å². The summed E-state index contributed by atoms with van der Waals surface area (Å²) in [4.78, 5) is 0. The summed E-state index contributed by atoms with van der Waals surface area (Å²) in [6.07, 6.45) is -5.91. The molecule has 0 aromatic carbocycles. The highest BCUT2D eigenvalue weighted by Crippen LogP contribution is 2.21. The van der Waals surface area contributed by atoms with Gasteiger partial charge in [0.1, 0.15) is 0 Å². The van der Waals surface area contributed by atoms with Crippen molar-refractivity contribution in [2.45, 2.75) is 19.0 Å². The van der Waals surface area contributed by atoms with E-state index >= 15 is 0 Å². The topological polar surface area (TPSA) is 66.4 Å². The van der Waals surface area contributed by atoms with E-state index in [2.05, 4.69) is 0 Å². The van der Waals surface area contributed by atoms with Gasteiger partial charge in [-0.25, -0.2) is 13.1 Å². The molecule has 0 aliphatic heterocycles. The van der Waals surface area contributed by atoms with Crippen LogP contribution in [0.1, 0.15) is 12.8 Å². The molecule has 14 heavy (non-hydrogen) atoms. The number of aliphatic hydroxyl groups excluding tert-OH is 1. The van der Waals surface area contributed by atoms with E-state index < -0.39 is 34.8 Å². The van der Waals surface area contributed by atoms with Gasteiger partial charge >= 0.3 is 6.18 Å². The van der Waals surface area contributed by atoms with E-state index in [0.717, 1.165) is 0 Å². The van der Waals surface area contributed by atoms with Gasteiger partial charge < -0.3 is 5.11 Å². The Kier molecular flexibility index (Phi) is 5.38. The lowest BCUT2D eigenvalue weighted by Crippen LogP contribution is -2.29. The summed E-state index contributed by atoms with van der Waals surface area (Å²) in [7, 11) is -3.68. The number of rotatable bonds is 6. The first-order valence-corrected chi connectivity index (χ1v) is 5.57. The third kappa shape index (κ3) is 8.27. The summed E-state index contributed by atoms with van der Waals surface area (Å²) in [5.74, 6) is -0.577. The lowest BCUT2D eigenvalue weighted by Gasteiger charge is -2.07. The molecule has 0 bridgehead atoms. The summed E-state index contributed by atoms with van der Waals surface area (Å²) in [5.41, 5.74) is 0. The summed E-state index contributed by atoms with van der Waals surface area (Å²) in [5, 5.41) is 8.28. The first kappa shape index (κ1) is 13.7. The van der Waals surface area contributed by atoms with Gasteiger partial charge in [0.05, 0.1) is 12.4 Å². The van der Waals surface area contributed by atoms with Crippen LogP contribution in [-0.4, -0.2) is 38.6 Å². The molecule has 0 spiro atoms. The third-order valence-corrected chi connectivity index (χ3v) is 2.78. The average molecular weight is 235 g/mol. The molecule has 86 valence electrons. The second-order valence-electron chi connectivity index (χ2n) is 2.66. The minimum atomic E-state index is -4.33. The van der Waals surface area contributed by atoms with Gasteiger partial charge in [0, 0.05) is 13.0 Å². The van der Waals surface area contributed by atoms with Crippen molar-refractivity contribution in [2.75, 3.05) is 18.9 Å². The van der Waals surface area contributed by atoms with Gasteiger partial charge in [-0.3, -0.25) is 0 Å². The van der Waals surface area contributed by atoms with Crippen LogP contribution >= 0.6 is 0 Å². The fourth-order valence-electron chi connectivity index (χ4n) is 0.736. The highest BCUT2D eigenvalue weighted by atomic mass is 32.2. The second kappa shape index (κ2) is 5.52. The van der Waals surface area contributed by atoms with Crippen LogP contribution in [0.15, 0.2) is 0 Å². The molecule has 0 saturated heterocycles. The predicted molar refractivity (Wildman–Crippen MR) is 44.2 cm³/mol. The Hall–Kier alpha value is -0.340. The fraction of sp³-hybridized carbons (Fsp3) is 1.00. The van der Waals surface area contributed by atoms with Crippen molar-refractivity contribution >= 4 is 10.0 Å². The van der Waals surface area contributed by atoms with E-state index in [4.69, 9.17) is 5.11 Å². The lowest BCUT2D eigenvalue weighted by atomic mass is 10.3. The normalized spacial score (nSPS) is 13.1. The van der Waals surface area contributed by atoms with Gasteiger partial charge in [-0.1, -0.05) is 0 Å². The third-order valence-electron chi connectivity index (χ3n) is 1.31. The summed E-state index contributed by atoms with van der Waals surface area (Å²) >= 11 is 0. The number of alkyl halides is 3. The second-order valence-corrected chi connectivity index (χ2v) is 4.58. The van der Waals surface area contributed by atoms with E-state index in [1.165, 1.54) is 0 Å². The van der Waals surface area contributed by atoms with Gasteiger partial charge in [0.15, 0.2) is 0 Å². The van der Waals surface area contributed by atoms with Crippen molar-refractivity contribution in [3.63, 3.8) is 0 Å². The Morgan fingerprint density at radius 1 is 1.29 bits per heavy atom. The van der Waals surface area contributed by atoms with E-state index in [1.807, 2.05) is 4.72 Å². The van der Waals surface area contributed by atoms with Gasteiger partial charge in [-0.05, 0) is 6.42 Å². The molecule has 0 fully saturated rings. The Bertz CT molecular complexity index is 250. The van der Waals surface area contributed by atoms with Crippen LogP contribution in [0, 0.1) is 0 Å². The van der Waals surface area contributed by atoms with E-state index in [0.29, 0.717) is 0 Å². The van der Waals surface area contributed by atoms with Crippen LogP contribution in [0.2, 0.25) is 0 Å². The van der Waals surface area contributed by atoms with Crippen LogP contribution in [0.25, 0.3) is 0 Å². The monoisotopic (exact) mass is 235 g/mol. The number of aliphatic hydroxyl groups is 1. The Morgan fingerprint density at radius 3 is 2.29 bits per heavy atom. The standard InChI is InChI=1S/C6H12F3NO3S/c7-6(8,9)2-1-5-14(12,13)10-3-4-11/h10-11H,1-5H2. The molecule has 4 nitrogen and oxygen atoms in total. The zero-order chi connectivity index (χ0) is 11.2. The quantitative estimate of drug-likeness (QED) is 0.693. The van der Waals surface area contributed by atoms with Gasteiger partial charge in [0.2, 0.25) is 10.0 Å². The largest absolute Gasteiger partial charge is 0.395 e. The highest BCUT2D eigenvalue weighted by molar-refractivity contribution is 7.89. The zero-order valence-corrected chi connectivity index (χ0v) is 8.16. The first-order valence-electron chi connectivity index (χ1n) is 3.92. The van der Waals surface area contributed by atoms with E-state index in [-0.39, 0.29) is 13.2 Å². The Balaban J connectivity index is 3.78. The molecule has 0 amide bonds. The van der Waals surface area contributed by atoms with Gasteiger partial charge in [0.25, 0.3) is 0 Å². The minimum absolute atomic E-state index is 0.172. The molecule has 0 unspecified atom stereocenters. The molecule has 2 N–H and O–H groups in total. The van der Waals surface area contributed by atoms with Crippen molar-refractivity contribution in [3.05, 3.63) is 0 Å². The Morgan fingerprint density at radius 2 is 1.86 bits per heavy atom. The molecule has 0 aromatic rings. The molecule has 8 heteroatoms. The number of halogens is 3. The summed E-state index contributed by atoms with van der Waals surface area (Å²) in [6.45, 7) is -0.549. The van der Waals surface area contributed by atoms with Crippen molar-refractivity contribution in [2.24, 2.45) is 0 Å². The Labute approximate surface area is 80.2 Å². The SMILES string of the molecule is O=S(=O)(CCCC(F)(F)F)NCCO. The van der Waals surface area contributed by atoms with E-state index in [1.54, 1.807) is 0 Å². The molecule has 0 aromatic heterocycles. The molecule has 0 radical (unpaired) electrons. The van der Waals surface area contributed by atoms with Crippen LogP contribution in [-0.2, 0) is 10.0 Å². The maximum Gasteiger partial charge on any atom is 0.389 e. The summed E-state index contributed by atoms with van der Waals surface area (Å²) in [6, 6.07) is 0.